The van der Waals surface area contributed by atoms with Crippen LogP contribution in [0.2, 0.25) is 0 Å². The molecule has 4 aromatic rings. The third-order valence-electron chi connectivity index (χ3n) is 5.12. The van der Waals surface area contributed by atoms with E-state index in [4.69, 9.17) is 4.74 Å². The fourth-order valence-corrected chi connectivity index (χ4v) is 4.46. The number of ether oxygens (including phenoxy) is 1. The fourth-order valence-electron chi connectivity index (χ4n) is 3.51. The van der Waals surface area contributed by atoms with E-state index in [1.807, 2.05) is 36.4 Å². The Hall–Kier alpha value is -3.69. The lowest BCUT2D eigenvalue weighted by molar-refractivity contribution is -0.115. The minimum atomic E-state index is -0.399. The predicted molar refractivity (Wildman–Crippen MR) is 135 cm³/mol. The molecule has 168 valence electrons. The molecule has 0 atom stereocenters. The van der Waals surface area contributed by atoms with Crippen LogP contribution < -0.4 is 15.6 Å². The number of nitrogens with zero attached hydrogens (tertiary/aromatic N) is 2. The molecule has 7 nitrogen and oxygen atoms in total. The molecule has 0 unspecified atom stereocenters. The Labute approximate surface area is 206 Å². The monoisotopic (exact) mass is 533 g/mol. The summed E-state index contributed by atoms with van der Waals surface area (Å²) in [5.74, 6) is 0.643. The van der Waals surface area contributed by atoms with Crippen LogP contribution in [0.3, 0.4) is 0 Å². The molecule has 1 aliphatic rings. The number of para-hydroxylation sites is 1. The summed E-state index contributed by atoms with van der Waals surface area (Å²) in [6.07, 6.45) is 1.64. The van der Waals surface area contributed by atoms with Gasteiger partial charge in [0, 0.05) is 4.47 Å². The maximum atomic E-state index is 13.3. The van der Waals surface area contributed by atoms with Crippen LogP contribution in [0, 0.1) is 0 Å². The van der Waals surface area contributed by atoms with Crippen molar-refractivity contribution in [3.8, 4) is 11.4 Å². The van der Waals surface area contributed by atoms with E-state index in [9.17, 15) is 14.4 Å². The highest BCUT2D eigenvalue weighted by Crippen LogP contribution is 2.26. The fraction of sp³-hybridized carbons (Fsp3) is 0.0400. The molecule has 1 aromatic heterocycles. The van der Waals surface area contributed by atoms with Crippen molar-refractivity contribution < 1.29 is 14.3 Å². The number of aromatic nitrogens is 2. The van der Waals surface area contributed by atoms with Crippen LogP contribution in [0.1, 0.15) is 11.4 Å². The van der Waals surface area contributed by atoms with Gasteiger partial charge in [-0.05, 0) is 71.9 Å². The average molecular weight is 534 g/mol. The van der Waals surface area contributed by atoms with Gasteiger partial charge in [-0.1, -0.05) is 40.2 Å². The van der Waals surface area contributed by atoms with E-state index >= 15 is 0 Å². The first-order valence-corrected chi connectivity index (χ1v) is 11.8. The molecular weight excluding hydrogens is 518 g/mol. The van der Waals surface area contributed by atoms with E-state index in [2.05, 4.69) is 26.2 Å². The molecule has 2 amide bonds. The zero-order valence-corrected chi connectivity index (χ0v) is 19.9. The van der Waals surface area contributed by atoms with E-state index in [1.54, 1.807) is 47.0 Å². The Balaban J connectivity index is 1.44. The molecule has 0 radical (unpaired) electrons. The molecule has 0 saturated carbocycles. The predicted octanol–water partition coefficient (Wildman–Crippen LogP) is 5.05. The summed E-state index contributed by atoms with van der Waals surface area (Å²) < 4.78 is 8.42. The van der Waals surface area contributed by atoms with E-state index < -0.39 is 5.91 Å². The molecule has 0 aliphatic carbocycles. The van der Waals surface area contributed by atoms with Crippen LogP contribution in [-0.2, 0) is 11.4 Å². The lowest BCUT2D eigenvalue weighted by Gasteiger charge is -2.14. The van der Waals surface area contributed by atoms with Gasteiger partial charge in [-0.2, -0.15) is 0 Å². The van der Waals surface area contributed by atoms with Gasteiger partial charge in [-0.3, -0.25) is 24.3 Å². The number of hydrogen-bond acceptors (Lipinski definition) is 6. The van der Waals surface area contributed by atoms with Crippen molar-refractivity contribution in [2.75, 3.05) is 0 Å². The number of rotatable bonds is 5. The molecule has 5 rings (SSSR count). The second-order valence-corrected chi connectivity index (χ2v) is 9.30. The summed E-state index contributed by atoms with van der Waals surface area (Å²) in [5.41, 5.74) is 1.88. The highest BCUT2D eigenvalue weighted by molar-refractivity contribution is 9.10. The second kappa shape index (κ2) is 9.28. The van der Waals surface area contributed by atoms with Gasteiger partial charge in [0.25, 0.3) is 16.7 Å². The van der Waals surface area contributed by atoms with Gasteiger partial charge in [-0.15, -0.1) is 0 Å². The smallest absolute Gasteiger partial charge is 0.290 e. The summed E-state index contributed by atoms with van der Waals surface area (Å²) >= 11 is 4.29. The number of nitrogens with one attached hydrogen (secondary N) is 1. The lowest BCUT2D eigenvalue weighted by Crippen LogP contribution is -2.25. The first-order chi connectivity index (χ1) is 16.5. The number of carbonyl (C=O) groups excluding carboxylic acids is 2. The Bertz CT molecular complexity index is 1510. The van der Waals surface area contributed by atoms with Crippen LogP contribution >= 0.6 is 27.7 Å². The van der Waals surface area contributed by atoms with Gasteiger partial charge >= 0.3 is 0 Å². The molecule has 3 aromatic carbocycles. The van der Waals surface area contributed by atoms with Gasteiger partial charge in [0.15, 0.2) is 5.82 Å². The van der Waals surface area contributed by atoms with Gasteiger partial charge in [-0.25, -0.2) is 4.98 Å². The lowest BCUT2D eigenvalue weighted by atomic mass is 10.2. The van der Waals surface area contributed by atoms with E-state index in [1.165, 1.54) is 0 Å². The molecule has 0 spiro atoms. The van der Waals surface area contributed by atoms with Crippen molar-refractivity contribution in [2.24, 2.45) is 0 Å². The van der Waals surface area contributed by atoms with E-state index in [0.717, 1.165) is 21.8 Å². The van der Waals surface area contributed by atoms with Crippen molar-refractivity contribution >= 4 is 55.8 Å². The van der Waals surface area contributed by atoms with Crippen molar-refractivity contribution in [3.05, 3.63) is 104 Å². The first-order valence-electron chi connectivity index (χ1n) is 10.2. The van der Waals surface area contributed by atoms with Crippen molar-refractivity contribution in [1.82, 2.24) is 14.9 Å². The number of amides is 2. The molecule has 9 heteroatoms. The number of thioether (sulfide) groups is 1. The maximum Gasteiger partial charge on any atom is 0.290 e. The highest BCUT2D eigenvalue weighted by Gasteiger charge is 2.24. The number of carbonyl (C=O) groups is 2. The van der Waals surface area contributed by atoms with Crippen molar-refractivity contribution in [2.45, 2.75) is 6.61 Å². The number of benzene rings is 3. The third kappa shape index (κ3) is 4.52. The first kappa shape index (κ1) is 22.1. The molecule has 1 N–H and O–H groups in total. The summed E-state index contributed by atoms with van der Waals surface area (Å²) in [4.78, 5) is 41.4. The van der Waals surface area contributed by atoms with Gasteiger partial charge in [0.2, 0.25) is 0 Å². The number of imide groups is 1. The summed E-state index contributed by atoms with van der Waals surface area (Å²) in [5, 5.41) is 2.38. The molecule has 1 aliphatic heterocycles. The van der Waals surface area contributed by atoms with Gasteiger partial charge in [0.05, 0.1) is 21.5 Å². The van der Waals surface area contributed by atoms with E-state index in [0.29, 0.717) is 33.1 Å². The highest BCUT2D eigenvalue weighted by atomic mass is 79.9. The summed E-state index contributed by atoms with van der Waals surface area (Å²) in [6, 6.07) is 21.7. The number of hydrogen-bond donors (Lipinski definition) is 1. The molecule has 34 heavy (non-hydrogen) atoms. The van der Waals surface area contributed by atoms with Crippen molar-refractivity contribution in [1.29, 1.82) is 0 Å². The zero-order valence-electron chi connectivity index (χ0n) is 17.5. The summed E-state index contributed by atoms with van der Waals surface area (Å²) in [7, 11) is 0. The Morgan fingerprint density at radius 1 is 0.971 bits per heavy atom. The normalized spacial score (nSPS) is 14.6. The standard InChI is InChI=1S/C25H16BrN3O4S/c26-16-7-9-17(10-8-16)29-22(27-20-4-2-1-3-19(20)24(29)31)14-33-18-11-5-15(6-12-18)13-21-23(30)28-25(32)34-21/h1-13H,14H2,(H,28,30,32)/b21-13+. The Kier molecular flexibility index (Phi) is 6.04. The number of fused-ring (bicyclic) bond motifs is 1. The van der Waals surface area contributed by atoms with Gasteiger partial charge < -0.3 is 4.74 Å². The summed E-state index contributed by atoms with van der Waals surface area (Å²) in [6.45, 7) is 0.0728. The third-order valence-corrected chi connectivity index (χ3v) is 6.46. The Morgan fingerprint density at radius 3 is 2.41 bits per heavy atom. The topological polar surface area (TPSA) is 90.3 Å². The quantitative estimate of drug-likeness (QED) is 0.361. The molecular formula is C25H16BrN3O4S. The largest absolute Gasteiger partial charge is 0.486 e. The van der Waals surface area contributed by atoms with E-state index in [-0.39, 0.29) is 17.4 Å². The van der Waals surface area contributed by atoms with Crippen molar-refractivity contribution in [3.63, 3.8) is 0 Å². The molecule has 1 fully saturated rings. The Morgan fingerprint density at radius 2 is 1.71 bits per heavy atom. The van der Waals surface area contributed by atoms with Crippen LogP contribution in [0.4, 0.5) is 4.79 Å². The maximum absolute atomic E-state index is 13.3. The van der Waals surface area contributed by atoms with Crippen LogP contribution in [0.15, 0.2) is 87.0 Å². The molecule has 0 bridgehead atoms. The second-order valence-electron chi connectivity index (χ2n) is 7.37. The minimum absolute atomic E-state index is 0.0728. The SMILES string of the molecule is O=C1NC(=O)/C(=C\c2ccc(OCc3nc4ccccc4c(=O)n3-c3ccc(Br)cc3)cc2)S1. The molecule has 2 heterocycles. The van der Waals surface area contributed by atoms with Gasteiger partial charge in [0.1, 0.15) is 12.4 Å². The van der Waals surface area contributed by atoms with Crippen LogP contribution in [0.25, 0.3) is 22.7 Å². The average Bonchev–Trinajstić information content (AvgIpc) is 3.16. The minimum Gasteiger partial charge on any atom is -0.486 e. The zero-order chi connectivity index (χ0) is 23.7. The van der Waals surface area contributed by atoms with Crippen LogP contribution in [-0.4, -0.2) is 20.7 Å². The molecule has 1 saturated heterocycles. The number of halogens is 1. The van der Waals surface area contributed by atoms with Crippen LogP contribution in [0.5, 0.6) is 5.75 Å².